The molecule has 0 amide bonds. The van der Waals surface area contributed by atoms with Crippen molar-refractivity contribution in [3.8, 4) is 0 Å². The molecule has 0 fully saturated rings. The lowest BCUT2D eigenvalue weighted by atomic mass is 10.2. The number of fused-ring (bicyclic) bond motifs is 1. The van der Waals surface area contributed by atoms with Gasteiger partial charge in [-0.3, -0.25) is 4.79 Å². The number of rotatable bonds is 0. The normalized spacial score (nSPS) is 10.9. The van der Waals surface area contributed by atoms with Crippen LogP contribution in [0, 0.1) is 23.3 Å². The van der Waals surface area contributed by atoms with Crippen molar-refractivity contribution in [2.75, 3.05) is 0 Å². The van der Waals surface area contributed by atoms with Gasteiger partial charge in [0.15, 0.2) is 23.3 Å². The van der Waals surface area contributed by atoms with Gasteiger partial charge in [0.2, 0.25) is 0 Å². The number of nitrogens with zero attached hydrogens (tertiary/aromatic N) is 1. The van der Waals surface area contributed by atoms with Crippen molar-refractivity contribution in [1.29, 1.82) is 0 Å². The lowest BCUT2D eigenvalue weighted by molar-refractivity contribution is 0.416. The van der Waals surface area contributed by atoms with E-state index in [0.29, 0.717) is 0 Å². The molecule has 0 unspecified atom stereocenters. The molecule has 0 aliphatic heterocycles. The number of nitrogens with one attached hydrogen (secondary N) is 1. The van der Waals surface area contributed by atoms with Crippen LogP contribution in [0.15, 0.2) is 11.1 Å². The monoisotopic (exact) mass is 218 g/mol. The predicted molar refractivity (Wildman–Crippen MR) is 42.2 cm³/mol. The van der Waals surface area contributed by atoms with Crippen molar-refractivity contribution in [1.82, 2.24) is 9.97 Å². The van der Waals surface area contributed by atoms with E-state index in [1.165, 1.54) is 0 Å². The Morgan fingerprint density at radius 1 is 1.00 bits per heavy atom. The fourth-order valence-electron chi connectivity index (χ4n) is 1.18. The number of H-pyrrole nitrogens is 1. The molecule has 0 atom stereocenters. The largest absolute Gasteiger partial charge is 0.313 e. The zero-order chi connectivity index (χ0) is 11.2. The van der Waals surface area contributed by atoms with Gasteiger partial charge in [-0.15, -0.1) is 0 Å². The summed E-state index contributed by atoms with van der Waals surface area (Å²) in [5, 5.41) is -0.936. The second-order valence-electron chi connectivity index (χ2n) is 2.71. The highest BCUT2D eigenvalue weighted by Crippen LogP contribution is 2.22. The Balaban J connectivity index is 3.15. The highest BCUT2D eigenvalue weighted by molar-refractivity contribution is 5.78. The number of aromatic amines is 1. The van der Waals surface area contributed by atoms with Gasteiger partial charge in [0.05, 0.1) is 6.33 Å². The van der Waals surface area contributed by atoms with Crippen molar-refractivity contribution < 1.29 is 17.6 Å². The second kappa shape index (κ2) is 3.04. The molecule has 1 aromatic carbocycles. The Hall–Kier alpha value is -1.92. The van der Waals surface area contributed by atoms with Crippen LogP contribution in [0.2, 0.25) is 0 Å². The molecule has 0 saturated heterocycles. The van der Waals surface area contributed by atoms with Crippen molar-refractivity contribution in [3.05, 3.63) is 40.0 Å². The first-order valence-corrected chi connectivity index (χ1v) is 3.73. The average molecular weight is 218 g/mol. The maximum absolute atomic E-state index is 13.1. The van der Waals surface area contributed by atoms with Gasteiger partial charge in [-0.1, -0.05) is 0 Å². The maximum Gasteiger partial charge on any atom is 0.261 e. The summed E-state index contributed by atoms with van der Waals surface area (Å²) in [7, 11) is 0. The highest BCUT2D eigenvalue weighted by Gasteiger charge is 2.22. The minimum absolute atomic E-state index is 0.768. The molecular formula is C8H2F4N2O. The van der Waals surface area contributed by atoms with E-state index in [-0.39, 0.29) is 0 Å². The first kappa shape index (κ1) is 9.63. The van der Waals surface area contributed by atoms with E-state index >= 15 is 0 Å². The smallest absolute Gasteiger partial charge is 0.261 e. The summed E-state index contributed by atoms with van der Waals surface area (Å²) >= 11 is 0. The van der Waals surface area contributed by atoms with Crippen LogP contribution in [0.1, 0.15) is 0 Å². The Morgan fingerprint density at radius 2 is 1.60 bits per heavy atom. The Morgan fingerprint density at radius 3 is 2.27 bits per heavy atom. The Labute approximate surface area is 79.4 Å². The average Bonchev–Trinajstić information content (AvgIpc) is 2.23. The summed E-state index contributed by atoms with van der Waals surface area (Å²) in [6.45, 7) is 0. The van der Waals surface area contributed by atoms with Gasteiger partial charge in [0.25, 0.3) is 5.56 Å². The first-order valence-electron chi connectivity index (χ1n) is 3.73. The van der Waals surface area contributed by atoms with E-state index in [2.05, 4.69) is 4.98 Å². The summed E-state index contributed by atoms with van der Waals surface area (Å²) in [6, 6.07) is 0. The molecule has 3 nitrogen and oxygen atoms in total. The van der Waals surface area contributed by atoms with Crippen molar-refractivity contribution in [2.45, 2.75) is 0 Å². The predicted octanol–water partition coefficient (Wildman–Crippen LogP) is 1.48. The number of halogens is 4. The van der Waals surface area contributed by atoms with Gasteiger partial charge in [-0.05, 0) is 0 Å². The zero-order valence-corrected chi connectivity index (χ0v) is 6.94. The summed E-state index contributed by atoms with van der Waals surface area (Å²) in [4.78, 5) is 16.2. The molecule has 1 N–H and O–H groups in total. The van der Waals surface area contributed by atoms with Crippen LogP contribution in [0.25, 0.3) is 10.9 Å². The minimum Gasteiger partial charge on any atom is -0.313 e. The Bertz CT molecular complexity index is 608. The van der Waals surface area contributed by atoms with Gasteiger partial charge >= 0.3 is 0 Å². The molecule has 0 saturated carbocycles. The van der Waals surface area contributed by atoms with Crippen LogP contribution in [-0.2, 0) is 0 Å². The summed E-state index contributed by atoms with van der Waals surface area (Å²) in [5.41, 5.74) is -1.91. The van der Waals surface area contributed by atoms with E-state index in [1.807, 2.05) is 4.98 Å². The number of benzene rings is 1. The summed E-state index contributed by atoms with van der Waals surface area (Å²) in [6.07, 6.45) is 0.768. The fraction of sp³-hybridized carbons (Fsp3) is 0. The van der Waals surface area contributed by atoms with E-state index in [1.54, 1.807) is 0 Å². The molecule has 15 heavy (non-hydrogen) atoms. The number of hydrogen-bond donors (Lipinski definition) is 1. The van der Waals surface area contributed by atoms with Crippen molar-refractivity contribution >= 4 is 10.9 Å². The van der Waals surface area contributed by atoms with E-state index in [4.69, 9.17) is 0 Å². The van der Waals surface area contributed by atoms with Gasteiger partial charge in [-0.2, -0.15) is 0 Å². The van der Waals surface area contributed by atoms with Crippen LogP contribution < -0.4 is 5.56 Å². The topological polar surface area (TPSA) is 45.8 Å². The van der Waals surface area contributed by atoms with Gasteiger partial charge in [0.1, 0.15) is 10.9 Å². The molecule has 2 aromatic rings. The van der Waals surface area contributed by atoms with Crippen LogP contribution in [0.3, 0.4) is 0 Å². The second-order valence-corrected chi connectivity index (χ2v) is 2.71. The molecule has 78 valence electrons. The molecule has 0 radical (unpaired) electrons. The van der Waals surface area contributed by atoms with Crippen LogP contribution >= 0.6 is 0 Å². The third kappa shape index (κ3) is 1.19. The molecule has 1 heterocycles. The number of aromatic nitrogens is 2. The fourth-order valence-corrected chi connectivity index (χ4v) is 1.18. The van der Waals surface area contributed by atoms with Crippen LogP contribution in [0.4, 0.5) is 17.6 Å². The van der Waals surface area contributed by atoms with Gasteiger partial charge < -0.3 is 4.98 Å². The zero-order valence-electron chi connectivity index (χ0n) is 6.94. The molecule has 1 aromatic heterocycles. The third-order valence-corrected chi connectivity index (χ3v) is 1.86. The quantitative estimate of drug-likeness (QED) is 0.413. The maximum atomic E-state index is 13.1. The lowest BCUT2D eigenvalue weighted by Crippen LogP contribution is -2.12. The van der Waals surface area contributed by atoms with E-state index < -0.39 is 39.7 Å². The van der Waals surface area contributed by atoms with Crippen LogP contribution in [0.5, 0.6) is 0 Å². The molecule has 2 rings (SSSR count). The molecule has 7 heteroatoms. The summed E-state index contributed by atoms with van der Waals surface area (Å²) < 4.78 is 51.5. The Kier molecular flexibility index (Phi) is 1.95. The van der Waals surface area contributed by atoms with E-state index in [9.17, 15) is 22.4 Å². The van der Waals surface area contributed by atoms with E-state index in [0.717, 1.165) is 6.33 Å². The standard InChI is InChI=1S/C8H2F4N2O/c9-3-2-7(13-1-14-8(2)15)6(12)5(11)4(3)10/h1H,(H,13,14,15). The van der Waals surface area contributed by atoms with Crippen molar-refractivity contribution in [2.24, 2.45) is 0 Å². The van der Waals surface area contributed by atoms with Crippen molar-refractivity contribution in [3.63, 3.8) is 0 Å². The molecular weight excluding hydrogens is 216 g/mol. The first-order chi connectivity index (χ1) is 7.04. The molecule has 0 aliphatic carbocycles. The van der Waals surface area contributed by atoms with Gasteiger partial charge in [-0.25, -0.2) is 22.5 Å². The molecule has 0 bridgehead atoms. The molecule has 0 spiro atoms. The molecule has 0 aliphatic rings. The highest BCUT2D eigenvalue weighted by atomic mass is 19.2. The third-order valence-electron chi connectivity index (χ3n) is 1.86. The lowest BCUT2D eigenvalue weighted by Gasteiger charge is -2.01. The summed E-state index contributed by atoms with van der Waals surface area (Å²) in [5.74, 6) is -7.45. The minimum atomic E-state index is -2.03. The van der Waals surface area contributed by atoms with Gasteiger partial charge in [0, 0.05) is 0 Å². The SMILES string of the molecule is O=c1[nH]cnc2c(F)c(F)c(F)c(F)c12. The number of hydrogen-bond acceptors (Lipinski definition) is 2. The van der Waals surface area contributed by atoms with Crippen LogP contribution in [-0.4, -0.2) is 9.97 Å².